The summed E-state index contributed by atoms with van der Waals surface area (Å²) in [7, 11) is 0. The maximum Gasteiger partial charge on any atom is 0.121 e. The van der Waals surface area contributed by atoms with Crippen molar-refractivity contribution in [3.05, 3.63) is 71.1 Å². The molecule has 0 saturated carbocycles. The van der Waals surface area contributed by atoms with E-state index >= 15 is 0 Å². The maximum absolute atomic E-state index is 6.22. The molecule has 1 nitrogen and oxygen atoms in total. The van der Waals surface area contributed by atoms with E-state index in [2.05, 4.69) is 22.0 Å². The standard InChI is InChI=1S/C15H10BrClO/c16-15(14-6-3-9-18-14)12-7-8-13(17)11-5-2-1-4-10(11)12/h1-9,15H. The van der Waals surface area contributed by atoms with E-state index in [9.17, 15) is 0 Å². The van der Waals surface area contributed by atoms with E-state index in [1.54, 1.807) is 6.26 Å². The van der Waals surface area contributed by atoms with Crippen LogP contribution in [0.5, 0.6) is 0 Å². The molecule has 1 atom stereocenters. The Balaban J connectivity index is 2.21. The number of alkyl halides is 1. The van der Waals surface area contributed by atoms with Crippen LogP contribution in [0.1, 0.15) is 16.2 Å². The Kier molecular flexibility index (Phi) is 3.14. The molecule has 3 heteroatoms. The van der Waals surface area contributed by atoms with Gasteiger partial charge in [0.25, 0.3) is 0 Å². The molecule has 18 heavy (non-hydrogen) atoms. The first-order valence-corrected chi connectivity index (χ1v) is 6.91. The van der Waals surface area contributed by atoms with Crippen LogP contribution in [0.4, 0.5) is 0 Å². The van der Waals surface area contributed by atoms with Gasteiger partial charge in [-0.2, -0.15) is 0 Å². The van der Waals surface area contributed by atoms with Crippen LogP contribution < -0.4 is 0 Å². The lowest BCUT2D eigenvalue weighted by Gasteiger charge is -2.12. The highest BCUT2D eigenvalue weighted by molar-refractivity contribution is 9.09. The molecule has 0 radical (unpaired) electrons. The molecule has 2 aromatic carbocycles. The van der Waals surface area contributed by atoms with Crippen LogP contribution in [0.15, 0.2) is 59.2 Å². The van der Waals surface area contributed by atoms with Crippen LogP contribution in [0.2, 0.25) is 5.02 Å². The number of furan rings is 1. The highest BCUT2D eigenvalue weighted by Crippen LogP contribution is 2.37. The van der Waals surface area contributed by atoms with Gasteiger partial charge in [0.1, 0.15) is 5.76 Å². The Morgan fingerprint density at radius 2 is 1.72 bits per heavy atom. The lowest BCUT2D eigenvalue weighted by molar-refractivity contribution is 0.520. The smallest absolute Gasteiger partial charge is 0.121 e. The van der Waals surface area contributed by atoms with E-state index in [1.807, 2.05) is 42.5 Å². The Labute approximate surface area is 119 Å². The summed E-state index contributed by atoms with van der Waals surface area (Å²) in [6.45, 7) is 0. The average molecular weight is 322 g/mol. The van der Waals surface area contributed by atoms with Gasteiger partial charge in [-0.25, -0.2) is 0 Å². The predicted octanol–water partition coefficient (Wildman–Crippen LogP) is 5.57. The Bertz CT molecular complexity index is 676. The van der Waals surface area contributed by atoms with Gasteiger partial charge in [-0.1, -0.05) is 57.9 Å². The third-order valence-corrected chi connectivity index (χ3v) is 4.24. The van der Waals surface area contributed by atoms with Gasteiger partial charge in [0.2, 0.25) is 0 Å². The molecule has 3 rings (SSSR count). The Morgan fingerprint density at radius 1 is 0.944 bits per heavy atom. The van der Waals surface area contributed by atoms with Crippen LogP contribution in [0, 0.1) is 0 Å². The molecule has 0 bridgehead atoms. The van der Waals surface area contributed by atoms with Gasteiger partial charge < -0.3 is 4.42 Å². The normalized spacial score (nSPS) is 12.8. The first-order chi connectivity index (χ1) is 8.77. The van der Waals surface area contributed by atoms with Gasteiger partial charge in [-0.3, -0.25) is 0 Å². The quantitative estimate of drug-likeness (QED) is 0.562. The zero-order chi connectivity index (χ0) is 12.5. The van der Waals surface area contributed by atoms with Crippen molar-refractivity contribution in [1.29, 1.82) is 0 Å². The van der Waals surface area contributed by atoms with Gasteiger partial charge in [-0.05, 0) is 29.1 Å². The van der Waals surface area contributed by atoms with E-state index in [4.69, 9.17) is 16.0 Å². The molecular formula is C15H10BrClO. The fourth-order valence-corrected chi connectivity index (χ4v) is 2.98. The van der Waals surface area contributed by atoms with Crippen molar-refractivity contribution in [2.75, 3.05) is 0 Å². The highest BCUT2D eigenvalue weighted by Gasteiger charge is 2.16. The van der Waals surface area contributed by atoms with Crippen molar-refractivity contribution in [3.8, 4) is 0 Å². The van der Waals surface area contributed by atoms with Crippen LogP contribution >= 0.6 is 27.5 Å². The molecule has 0 aliphatic heterocycles. The largest absolute Gasteiger partial charge is 0.468 e. The molecule has 1 aromatic heterocycles. The fourth-order valence-electron chi connectivity index (χ4n) is 2.10. The first kappa shape index (κ1) is 11.8. The zero-order valence-corrected chi connectivity index (χ0v) is 11.8. The molecule has 0 saturated heterocycles. The highest BCUT2D eigenvalue weighted by atomic mass is 79.9. The molecule has 1 unspecified atom stereocenters. The van der Waals surface area contributed by atoms with Crippen LogP contribution in [0.3, 0.4) is 0 Å². The third kappa shape index (κ3) is 1.96. The van der Waals surface area contributed by atoms with E-state index in [0.717, 1.165) is 27.1 Å². The third-order valence-electron chi connectivity index (χ3n) is 2.97. The fraction of sp³-hybridized carbons (Fsp3) is 0.0667. The van der Waals surface area contributed by atoms with Crippen LogP contribution in [-0.2, 0) is 0 Å². The number of halogens is 2. The number of fused-ring (bicyclic) bond motifs is 1. The summed E-state index contributed by atoms with van der Waals surface area (Å²) in [6, 6.07) is 15.9. The molecule has 0 aliphatic carbocycles. The molecule has 0 N–H and O–H groups in total. The summed E-state index contributed by atoms with van der Waals surface area (Å²) in [5, 5.41) is 2.98. The minimum atomic E-state index is 0.0367. The summed E-state index contributed by atoms with van der Waals surface area (Å²) in [5.74, 6) is 0.891. The molecule has 0 aliphatic rings. The Morgan fingerprint density at radius 3 is 2.44 bits per heavy atom. The van der Waals surface area contributed by atoms with E-state index < -0.39 is 0 Å². The molecule has 0 amide bonds. The van der Waals surface area contributed by atoms with Crippen molar-refractivity contribution in [2.24, 2.45) is 0 Å². The van der Waals surface area contributed by atoms with Crippen molar-refractivity contribution >= 4 is 38.3 Å². The zero-order valence-electron chi connectivity index (χ0n) is 9.44. The number of rotatable bonds is 2. The van der Waals surface area contributed by atoms with Gasteiger partial charge in [0.05, 0.1) is 11.1 Å². The van der Waals surface area contributed by atoms with Crippen LogP contribution in [-0.4, -0.2) is 0 Å². The maximum atomic E-state index is 6.22. The minimum absolute atomic E-state index is 0.0367. The molecule has 3 aromatic rings. The summed E-state index contributed by atoms with van der Waals surface area (Å²) < 4.78 is 5.45. The molecular weight excluding hydrogens is 312 g/mol. The molecule has 1 heterocycles. The van der Waals surface area contributed by atoms with Gasteiger partial charge >= 0.3 is 0 Å². The van der Waals surface area contributed by atoms with Crippen LogP contribution in [0.25, 0.3) is 10.8 Å². The first-order valence-electron chi connectivity index (χ1n) is 5.62. The second-order valence-electron chi connectivity index (χ2n) is 4.06. The van der Waals surface area contributed by atoms with E-state index in [0.29, 0.717) is 0 Å². The Hall–Kier alpha value is -1.25. The summed E-state index contributed by atoms with van der Waals surface area (Å²) in [4.78, 5) is 0.0367. The predicted molar refractivity (Wildman–Crippen MR) is 78.4 cm³/mol. The second kappa shape index (κ2) is 4.79. The van der Waals surface area contributed by atoms with Gasteiger partial charge in [0.15, 0.2) is 0 Å². The SMILES string of the molecule is Clc1ccc(C(Br)c2ccco2)c2ccccc12. The number of hydrogen-bond donors (Lipinski definition) is 0. The summed E-state index contributed by atoms with van der Waals surface area (Å²) in [5.41, 5.74) is 1.16. The molecule has 0 fully saturated rings. The average Bonchev–Trinajstić information content (AvgIpc) is 2.93. The van der Waals surface area contributed by atoms with E-state index in [-0.39, 0.29) is 4.83 Å². The lowest BCUT2D eigenvalue weighted by atomic mass is 10.0. The summed E-state index contributed by atoms with van der Waals surface area (Å²) >= 11 is 9.90. The van der Waals surface area contributed by atoms with Crippen molar-refractivity contribution in [3.63, 3.8) is 0 Å². The summed E-state index contributed by atoms with van der Waals surface area (Å²) in [6.07, 6.45) is 1.68. The molecule has 0 spiro atoms. The second-order valence-corrected chi connectivity index (χ2v) is 5.38. The molecule has 90 valence electrons. The topological polar surface area (TPSA) is 13.1 Å². The number of benzene rings is 2. The lowest BCUT2D eigenvalue weighted by Crippen LogP contribution is -1.92. The van der Waals surface area contributed by atoms with E-state index in [1.165, 1.54) is 0 Å². The van der Waals surface area contributed by atoms with Crippen molar-refractivity contribution in [1.82, 2.24) is 0 Å². The minimum Gasteiger partial charge on any atom is -0.468 e. The van der Waals surface area contributed by atoms with Gasteiger partial charge in [0, 0.05) is 10.4 Å². The number of hydrogen-bond acceptors (Lipinski definition) is 1. The van der Waals surface area contributed by atoms with Gasteiger partial charge in [-0.15, -0.1) is 0 Å². The monoisotopic (exact) mass is 320 g/mol. The van der Waals surface area contributed by atoms with Crippen molar-refractivity contribution in [2.45, 2.75) is 4.83 Å². The van der Waals surface area contributed by atoms with Crippen molar-refractivity contribution < 1.29 is 4.42 Å².